The molecule has 0 radical (unpaired) electrons. The first kappa shape index (κ1) is 10.1. The quantitative estimate of drug-likeness (QED) is 0.821. The lowest BCUT2D eigenvalue weighted by atomic mass is 10.3. The lowest BCUT2D eigenvalue weighted by Crippen LogP contribution is -2.14. The monoisotopic (exact) mass is 220 g/mol. The van der Waals surface area contributed by atoms with Crippen LogP contribution in [0.1, 0.15) is 0 Å². The van der Waals surface area contributed by atoms with Crippen LogP contribution < -0.4 is 11.1 Å². The summed E-state index contributed by atoms with van der Waals surface area (Å²) in [6.07, 6.45) is 0. The summed E-state index contributed by atoms with van der Waals surface area (Å²) in [5.74, 6) is 0.765. The average molecular weight is 220 g/mol. The fourth-order valence-corrected chi connectivity index (χ4v) is 1.87. The summed E-state index contributed by atoms with van der Waals surface area (Å²) < 4.78 is 0. The smallest absolute Gasteiger partial charge is 0.148 e. The Morgan fingerprint density at radius 1 is 1.27 bits per heavy atom. The van der Waals surface area contributed by atoms with Crippen molar-refractivity contribution in [3.8, 4) is 10.6 Å². The van der Waals surface area contributed by atoms with E-state index in [1.54, 1.807) is 11.3 Å². The van der Waals surface area contributed by atoms with Crippen LogP contribution in [0.4, 0.5) is 5.82 Å². The van der Waals surface area contributed by atoms with Crippen LogP contribution in [0.3, 0.4) is 0 Å². The first-order chi connectivity index (χ1) is 7.40. The lowest BCUT2D eigenvalue weighted by molar-refractivity contribution is 0.975. The molecule has 2 aromatic rings. The Hall–Kier alpha value is -1.46. The van der Waals surface area contributed by atoms with E-state index in [1.165, 1.54) is 0 Å². The number of aromatic nitrogens is 2. The molecule has 0 saturated carbocycles. The Bertz CT molecular complexity index is 396. The molecular weight excluding hydrogens is 208 g/mol. The van der Waals surface area contributed by atoms with E-state index in [2.05, 4.69) is 15.5 Å². The second-order valence-corrected chi connectivity index (χ2v) is 3.94. The molecule has 0 bridgehead atoms. The summed E-state index contributed by atoms with van der Waals surface area (Å²) in [6.45, 7) is 1.31. The van der Waals surface area contributed by atoms with Gasteiger partial charge in [0.1, 0.15) is 11.5 Å². The van der Waals surface area contributed by atoms with Crippen molar-refractivity contribution >= 4 is 17.2 Å². The fraction of sp³-hybridized carbons (Fsp3) is 0.200. The van der Waals surface area contributed by atoms with Gasteiger partial charge in [0.15, 0.2) is 0 Å². The molecule has 4 nitrogen and oxygen atoms in total. The zero-order valence-corrected chi connectivity index (χ0v) is 9.00. The minimum absolute atomic E-state index is 0.592. The van der Waals surface area contributed by atoms with Crippen molar-refractivity contribution in [2.24, 2.45) is 5.73 Å². The summed E-state index contributed by atoms with van der Waals surface area (Å²) in [6, 6.07) is 7.90. The molecule has 2 rings (SSSR count). The minimum atomic E-state index is 0.592. The van der Waals surface area contributed by atoms with Crippen LogP contribution in [-0.4, -0.2) is 23.3 Å². The average Bonchev–Trinajstić information content (AvgIpc) is 2.80. The van der Waals surface area contributed by atoms with Crippen LogP contribution in [-0.2, 0) is 0 Å². The van der Waals surface area contributed by atoms with Crippen LogP contribution in [0, 0.1) is 0 Å². The molecule has 0 aliphatic heterocycles. The summed E-state index contributed by atoms with van der Waals surface area (Å²) in [5.41, 5.74) is 6.28. The van der Waals surface area contributed by atoms with E-state index in [1.807, 2.05) is 29.6 Å². The third-order valence-electron chi connectivity index (χ3n) is 1.89. The highest BCUT2D eigenvalue weighted by Gasteiger charge is 2.00. The maximum absolute atomic E-state index is 5.37. The lowest BCUT2D eigenvalue weighted by Gasteiger charge is -2.02. The van der Waals surface area contributed by atoms with Crippen molar-refractivity contribution in [3.05, 3.63) is 29.6 Å². The van der Waals surface area contributed by atoms with Crippen molar-refractivity contribution in [2.45, 2.75) is 0 Å². The number of nitrogens with one attached hydrogen (secondary N) is 1. The van der Waals surface area contributed by atoms with Crippen molar-refractivity contribution in [3.63, 3.8) is 0 Å². The van der Waals surface area contributed by atoms with Gasteiger partial charge >= 0.3 is 0 Å². The topological polar surface area (TPSA) is 63.8 Å². The predicted molar refractivity (Wildman–Crippen MR) is 62.9 cm³/mol. The second kappa shape index (κ2) is 4.86. The molecule has 0 fully saturated rings. The Kier molecular flexibility index (Phi) is 3.26. The maximum Gasteiger partial charge on any atom is 0.148 e. The first-order valence-corrected chi connectivity index (χ1v) is 5.59. The number of thiophene rings is 1. The van der Waals surface area contributed by atoms with E-state index in [4.69, 9.17) is 5.73 Å². The Morgan fingerprint density at radius 3 is 2.80 bits per heavy atom. The van der Waals surface area contributed by atoms with Gasteiger partial charge in [-0.15, -0.1) is 21.5 Å². The van der Waals surface area contributed by atoms with Gasteiger partial charge in [-0.05, 0) is 23.6 Å². The number of anilines is 1. The summed E-state index contributed by atoms with van der Waals surface area (Å²) in [5, 5.41) is 13.3. The normalized spacial score (nSPS) is 10.2. The van der Waals surface area contributed by atoms with Crippen molar-refractivity contribution in [1.82, 2.24) is 10.2 Å². The Balaban J connectivity index is 2.11. The molecule has 0 atom stereocenters. The highest BCUT2D eigenvalue weighted by Crippen LogP contribution is 2.22. The van der Waals surface area contributed by atoms with E-state index in [-0.39, 0.29) is 0 Å². The van der Waals surface area contributed by atoms with Gasteiger partial charge in [0.2, 0.25) is 0 Å². The van der Waals surface area contributed by atoms with Gasteiger partial charge in [-0.3, -0.25) is 0 Å². The van der Waals surface area contributed by atoms with Crippen LogP contribution in [0.15, 0.2) is 29.6 Å². The fourth-order valence-electron chi connectivity index (χ4n) is 1.18. The van der Waals surface area contributed by atoms with Crippen molar-refractivity contribution in [1.29, 1.82) is 0 Å². The molecule has 0 aromatic carbocycles. The molecule has 78 valence electrons. The zero-order valence-electron chi connectivity index (χ0n) is 8.18. The number of hydrogen-bond acceptors (Lipinski definition) is 5. The molecular formula is C10H12N4S. The molecule has 2 aromatic heterocycles. The third-order valence-corrected chi connectivity index (χ3v) is 2.78. The largest absolute Gasteiger partial charge is 0.367 e. The summed E-state index contributed by atoms with van der Waals surface area (Å²) in [4.78, 5) is 1.13. The molecule has 5 heteroatoms. The summed E-state index contributed by atoms with van der Waals surface area (Å²) >= 11 is 1.66. The number of nitrogens with two attached hydrogens (primary N) is 1. The molecule has 15 heavy (non-hydrogen) atoms. The molecule has 0 saturated heterocycles. The second-order valence-electron chi connectivity index (χ2n) is 3.00. The van der Waals surface area contributed by atoms with Gasteiger partial charge in [-0.1, -0.05) is 6.07 Å². The van der Waals surface area contributed by atoms with Crippen LogP contribution in [0.25, 0.3) is 10.6 Å². The van der Waals surface area contributed by atoms with Gasteiger partial charge in [-0.25, -0.2) is 0 Å². The van der Waals surface area contributed by atoms with Gasteiger partial charge in [0.05, 0.1) is 4.88 Å². The van der Waals surface area contributed by atoms with Gasteiger partial charge in [-0.2, -0.15) is 0 Å². The molecule has 0 aliphatic rings. The van der Waals surface area contributed by atoms with Gasteiger partial charge in [0.25, 0.3) is 0 Å². The summed E-state index contributed by atoms with van der Waals surface area (Å²) in [7, 11) is 0. The predicted octanol–water partition coefficient (Wildman–Crippen LogP) is 1.58. The Morgan fingerprint density at radius 2 is 2.20 bits per heavy atom. The number of nitrogens with zero attached hydrogens (tertiary/aromatic N) is 2. The van der Waals surface area contributed by atoms with Crippen LogP contribution in [0.5, 0.6) is 0 Å². The van der Waals surface area contributed by atoms with Crippen LogP contribution in [0.2, 0.25) is 0 Å². The van der Waals surface area contributed by atoms with E-state index in [0.29, 0.717) is 13.1 Å². The Labute approximate surface area is 92.2 Å². The van der Waals surface area contributed by atoms with Gasteiger partial charge < -0.3 is 11.1 Å². The van der Waals surface area contributed by atoms with E-state index in [0.717, 1.165) is 16.4 Å². The first-order valence-electron chi connectivity index (χ1n) is 4.71. The molecule has 3 N–H and O–H groups in total. The minimum Gasteiger partial charge on any atom is -0.367 e. The van der Waals surface area contributed by atoms with E-state index < -0.39 is 0 Å². The van der Waals surface area contributed by atoms with Crippen molar-refractivity contribution in [2.75, 3.05) is 18.4 Å². The van der Waals surface area contributed by atoms with E-state index >= 15 is 0 Å². The zero-order chi connectivity index (χ0) is 10.5. The third kappa shape index (κ3) is 2.51. The number of hydrogen-bond donors (Lipinski definition) is 2. The molecule has 0 unspecified atom stereocenters. The van der Waals surface area contributed by atoms with E-state index in [9.17, 15) is 0 Å². The molecule has 0 amide bonds. The SMILES string of the molecule is NCCNc1ccc(-c2cccs2)nn1. The molecule has 0 aliphatic carbocycles. The standard InChI is InChI=1S/C10H12N4S/c11-5-6-12-10-4-3-8(13-14-10)9-2-1-7-15-9/h1-4,7H,5-6,11H2,(H,12,14). The van der Waals surface area contributed by atoms with Gasteiger partial charge in [0, 0.05) is 13.1 Å². The molecule has 0 spiro atoms. The number of rotatable bonds is 4. The highest BCUT2D eigenvalue weighted by atomic mass is 32.1. The highest BCUT2D eigenvalue weighted by molar-refractivity contribution is 7.13. The van der Waals surface area contributed by atoms with Crippen LogP contribution >= 0.6 is 11.3 Å². The maximum atomic E-state index is 5.37. The molecule has 2 heterocycles. The van der Waals surface area contributed by atoms with Crippen molar-refractivity contribution < 1.29 is 0 Å².